The minimum absolute atomic E-state index is 0.0776. The molecule has 0 amide bonds. The van der Waals surface area contributed by atoms with Crippen LogP contribution < -0.4 is 0 Å². The number of aromatic amines is 1. The monoisotopic (exact) mass is 250 g/mol. The van der Waals surface area contributed by atoms with E-state index in [0.29, 0.717) is 17.8 Å². The van der Waals surface area contributed by atoms with Crippen molar-refractivity contribution in [2.45, 2.75) is 13.2 Å². The molecule has 0 bridgehead atoms. The molecule has 0 saturated carbocycles. The van der Waals surface area contributed by atoms with Crippen molar-refractivity contribution < 1.29 is 13.2 Å². The summed E-state index contributed by atoms with van der Waals surface area (Å²) in [6.07, 6.45) is 1.20. The van der Waals surface area contributed by atoms with Gasteiger partial charge in [-0.05, 0) is 6.07 Å². The second kappa shape index (κ2) is 4.91. The molecule has 0 aromatic carbocycles. The fraction of sp³-hybridized carbons (Fsp3) is 0.625. The molecule has 0 aliphatic heterocycles. The highest BCUT2D eigenvalue weighted by Gasteiger charge is 2.05. The molecule has 0 fully saturated rings. The lowest BCUT2D eigenvalue weighted by atomic mass is 10.5. The Balaban J connectivity index is 2.74. The topological polar surface area (TPSA) is 64.1 Å². The molecule has 86 valence electrons. The lowest BCUT2D eigenvalue weighted by Gasteiger charge is -2.01. The van der Waals surface area contributed by atoms with E-state index in [2.05, 4.69) is 5.10 Å². The van der Waals surface area contributed by atoms with Crippen molar-refractivity contribution in [3.05, 3.63) is 16.4 Å². The van der Waals surface area contributed by atoms with Crippen molar-refractivity contribution >= 4 is 22.1 Å². The first-order chi connectivity index (χ1) is 6.92. The summed E-state index contributed by atoms with van der Waals surface area (Å²) in [5, 5.41) is 2.98. The first-order valence-corrected chi connectivity index (χ1v) is 6.84. The predicted octanol–water partition coefficient (Wildman–Crippen LogP) is 0.737. The van der Waals surface area contributed by atoms with Crippen molar-refractivity contribution in [2.24, 2.45) is 0 Å². The number of nitrogens with zero attached hydrogens (tertiary/aromatic N) is 1. The number of nitrogens with one attached hydrogen (secondary N) is 1. The molecule has 0 atom stereocenters. The zero-order valence-corrected chi connectivity index (χ0v) is 10.3. The van der Waals surface area contributed by atoms with Crippen molar-refractivity contribution in [1.82, 2.24) is 9.78 Å². The third kappa shape index (κ3) is 4.15. The third-order valence-corrected chi connectivity index (χ3v) is 3.09. The Kier molecular flexibility index (Phi) is 4.06. The van der Waals surface area contributed by atoms with Crippen LogP contribution >= 0.6 is 12.2 Å². The standard InChI is InChI=1S/C8H14N2O3S2/c1-13-6-7-5-8(14)10(9-7)3-4-15(2,11)12/h5,9H,3-4,6H2,1-2H3. The predicted molar refractivity (Wildman–Crippen MR) is 60.0 cm³/mol. The molecule has 1 heterocycles. The van der Waals surface area contributed by atoms with Crippen LogP contribution in [-0.4, -0.2) is 37.3 Å². The summed E-state index contributed by atoms with van der Waals surface area (Å²) in [5.41, 5.74) is 0.844. The largest absolute Gasteiger partial charge is 0.378 e. The summed E-state index contributed by atoms with van der Waals surface area (Å²) in [6.45, 7) is 0.789. The summed E-state index contributed by atoms with van der Waals surface area (Å²) in [6, 6.07) is 1.76. The molecule has 1 N–H and O–H groups in total. The molecule has 0 unspecified atom stereocenters. The van der Waals surface area contributed by atoms with Gasteiger partial charge < -0.3 is 4.74 Å². The Morgan fingerprint density at radius 3 is 2.80 bits per heavy atom. The highest BCUT2D eigenvalue weighted by molar-refractivity contribution is 7.90. The van der Waals surface area contributed by atoms with Gasteiger partial charge in [-0.3, -0.25) is 9.78 Å². The second-order valence-corrected chi connectivity index (χ2v) is 6.01. The van der Waals surface area contributed by atoms with Crippen LogP contribution in [0.15, 0.2) is 6.07 Å². The van der Waals surface area contributed by atoms with Gasteiger partial charge in [0.2, 0.25) is 0 Å². The van der Waals surface area contributed by atoms with Gasteiger partial charge in [-0.15, -0.1) is 0 Å². The van der Waals surface area contributed by atoms with Crippen LogP contribution in [0, 0.1) is 4.64 Å². The number of rotatable bonds is 5. The van der Waals surface area contributed by atoms with Gasteiger partial charge in [-0.1, -0.05) is 12.2 Å². The number of sulfone groups is 1. The Labute approximate surface area is 94.0 Å². The summed E-state index contributed by atoms with van der Waals surface area (Å²) in [5.74, 6) is 0.0776. The second-order valence-electron chi connectivity index (χ2n) is 3.33. The van der Waals surface area contributed by atoms with Crippen molar-refractivity contribution in [2.75, 3.05) is 19.1 Å². The average molecular weight is 250 g/mol. The summed E-state index contributed by atoms with van der Waals surface area (Å²) < 4.78 is 29.1. The van der Waals surface area contributed by atoms with Crippen molar-refractivity contribution in [3.63, 3.8) is 0 Å². The van der Waals surface area contributed by atoms with Gasteiger partial charge in [0.15, 0.2) is 0 Å². The van der Waals surface area contributed by atoms with Gasteiger partial charge in [0.1, 0.15) is 14.5 Å². The molecule has 1 rings (SSSR count). The maximum atomic E-state index is 11.0. The summed E-state index contributed by atoms with van der Waals surface area (Å²) in [7, 11) is -1.37. The van der Waals surface area contributed by atoms with Crippen LogP contribution in [-0.2, 0) is 27.7 Å². The third-order valence-electron chi connectivity index (χ3n) is 1.83. The SMILES string of the molecule is COCc1cc(=S)n(CCS(C)(=O)=O)[nH]1. The van der Waals surface area contributed by atoms with E-state index in [1.165, 1.54) is 6.26 Å². The van der Waals surface area contributed by atoms with Crippen molar-refractivity contribution in [3.8, 4) is 0 Å². The van der Waals surface area contributed by atoms with Gasteiger partial charge in [-0.25, -0.2) is 8.42 Å². The maximum Gasteiger partial charge on any atom is 0.149 e. The molecule has 7 heteroatoms. The molecule has 1 aromatic rings. The van der Waals surface area contributed by atoms with E-state index in [4.69, 9.17) is 17.0 Å². The van der Waals surface area contributed by atoms with E-state index in [-0.39, 0.29) is 5.75 Å². The number of H-pyrrole nitrogens is 1. The highest BCUT2D eigenvalue weighted by Crippen LogP contribution is 2.01. The number of aryl methyl sites for hydroxylation is 1. The Morgan fingerprint density at radius 2 is 2.27 bits per heavy atom. The van der Waals surface area contributed by atoms with Crippen LogP contribution in [0.4, 0.5) is 0 Å². The van der Waals surface area contributed by atoms with Crippen LogP contribution in [0.1, 0.15) is 5.69 Å². The Bertz CT molecular complexity index is 472. The van der Waals surface area contributed by atoms with Crippen molar-refractivity contribution in [1.29, 1.82) is 0 Å². The van der Waals surface area contributed by atoms with Crippen LogP contribution in [0.2, 0.25) is 0 Å². The smallest absolute Gasteiger partial charge is 0.149 e. The molecule has 0 aliphatic rings. The molecular formula is C8H14N2O3S2. The molecular weight excluding hydrogens is 236 g/mol. The van der Waals surface area contributed by atoms with Gasteiger partial charge in [0.05, 0.1) is 24.6 Å². The van der Waals surface area contributed by atoms with Gasteiger partial charge in [0.25, 0.3) is 0 Å². The lowest BCUT2D eigenvalue weighted by Crippen LogP contribution is -2.12. The number of ether oxygens (including phenoxy) is 1. The maximum absolute atomic E-state index is 11.0. The number of methoxy groups -OCH3 is 1. The average Bonchev–Trinajstić information content (AvgIpc) is 2.42. The fourth-order valence-corrected chi connectivity index (χ4v) is 1.93. The Hall–Kier alpha value is -0.660. The lowest BCUT2D eigenvalue weighted by molar-refractivity contribution is 0.180. The van der Waals surface area contributed by atoms with E-state index >= 15 is 0 Å². The molecule has 15 heavy (non-hydrogen) atoms. The van der Waals surface area contributed by atoms with E-state index in [9.17, 15) is 8.42 Å². The normalized spacial score (nSPS) is 11.9. The molecule has 0 aliphatic carbocycles. The quantitative estimate of drug-likeness (QED) is 0.783. The molecule has 1 aromatic heterocycles. The number of hydrogen-bond donors (Lipinski definition) is 1. The van der Waals surface area contributed by atoms with Crippen LogP contribution in [0.3, 0.4) is 0 Å². The highest BCUT2D eigenvalue weighted by atomic mass is 32.2. The first-order valence-electron chi connectivity index (χ1n) is 4.38. The first kappa shape index (κ1) is 12.4. The summed E-state index contributed by atoms with van der Waals surface area (Å²) in [4.78, 5) is 0. The molecule has 0 saturated heterocycles. The minimum Gasteiger partial charge on any atom is -0.378 e. The van der Waals surface area contributed by atoms with E-state index in [1.54, 1.807) is 17.9 Å². The fourth-order valence-electron chi connectivity index (χ4n) is 1.14. The van der Waals surface area contributed by atoms with Crippen LogP contribution in [0.5, 0.6) is 0 Å². The van der Waals surface area contributed by atoms with Gasteiger partial charge >= 0.3 is 0 Å². The Morgan fingerprint density at radius 1 is 1.60 bits per heavy atom. The number of aromatic nitrogens is 2. The zero-order chi connectivity index (χ0) is 11.5. The van der Waals surface area contributed by atoms with Gasteiger partial charge in [-0.2, -0.15) is 0 Å². The van der Waals surface area contributed by atoms with E-state index in [0.717, 1.165) is 5.69 Å². The van der Waals surface area contributed by atoms with Gasteiger partial charge in [0, 0.05) is 13.4 Å². The molecule has 0 spiro atoms. The van der Waals surface area contributed by atoms with Crippen LogP contribution in [0.25, 0.3) is 0 Å². The minimum atomic E-state index is -2.96. The van der Waals surface area contributed by atoms with E-state index < -0.39 is 9.84 Å². The number of hydrogen-bond acceptors (Lipinski definition) is 4. The van der Waals surface area contributed by atoms with E-state index in [1.807, 2.05) is 0 Å². The molecule has 0 radical (unpaired) electrons. The molecule has 5 nitrogen and oxygen atoms in total. The summed E-state index contributed by atoms with van der Waals surface area (Å²) >= 11 is 5.06. The zero-order valence-electron chi connectivity index (χ0n) is 8.69.